The number of carboxylic acid groups (broad SMARTS) is 2. The maximum atomic E-state index is 14.7. The number of hydrogen-bond donors (Lipinski definition) is 13. The molecule has 2 heterocycles. The number of hydrogen-bond acceptors (Lipinski definition) is 13. The normalized spacial score (nSPS) is 16.4. The Morgan fingerprint density at radius 3 is 1.95 bits per heavy atom. The van der Waals surface area contributed by atoms with E-state index in [1.165, 1.54) is 41.7 Å². The van der Waals surface area contributed by atoms with Gasteiger partial charge in [0.25, 0.3) is 0 Å². The number of phenols is 1. The highest BCUT2D eigenvalue weighted by Crippen LogP contribution is 2.21. The Morgan fingerprint density at radius 1 is 0.737 bits per heavy atom. The molecule has 0 bridgehead atoms. The molecule has 0 radical (unpaired) electrons. The minimum absolute atomic E-state index is 0.00211. The van der Waals surface area contributed by atoms with Crippen molar-refractivity contribution in [3.05, 3.63) is 83.9 Å². The van der Waals surface area contributed by atoms with Crippen molar-refractivity contribution in [3.63, 3.8) is 0 Å². The second kappa shape index (κ2) is 29.7. The van der Waals surface area contributed by atoms with E-state index < -0.39 is 120 Å². The fourth-order valence-corrected chi connectivity index (χ4v) is 8.48. The Balaban J connectivity index is 1.61. The van der Waals surface area contributed by atoms with Crippen molar-refractivity contribution in [2.24, 2.45) is 34.0 Å². The standard InChI is InChI=1S/C51H73N13O12/c1-5-29(4)42(48(73)60-37(24-32-26-55-27-57-32)49(74)64-21-10-9-15-39(64)46(71)61-38(50(75)76)23-30-12-7-6-8-13-30)63-45(70)36(22-31-16-18-33(65)19-17-31)59-47(72)41(28(2)3)62-44(69)35(14-11-20-56-51(53)54)58-43(68)34(52)25-40(66)67/h6-8,12-13,16-19,26-29,34-39,41-42,65H,5,9-11,14-15,20-25,52H2,1-4H3,(H,55,57)(H,58,68)(H,59,72)(H,60,73)(H,61,71)(H,62,69)(H,63,70)(H,66,67)(H,75,76)(H4,53,54,56)/t29-,34-,35-,36-,37-,38-,39-,41-,42-/m0/s1. The summed E-state index contributed by atoms with van der Waals surface area (Å²) in [5.41, 5.74) is 18.3. The van der Waals surface area contributed by atoms with Crippen LogP contribution < -0.4 is 49.1 Å². The Kier molecular flexibility index (Phi) is 23.6. The molecule has 1 aliphatic heterocycles. The van der Waals surface area contributed by atoms with Gasteiger partial charge in [-0.25, -0.2) is 9.78 Å². The summed E-state index contributed by atoms with van der Waals surface area (Å²) in [5, 5.41) is 45.3. The van der Waals surface area contributed by atoms with Crippen LogP contribution in [-0.4, -0.2) is 151 Å². The predicted molar refractivity (Wildman–Crippen MR) is 277 cm³/mol. The number of H-pyrrole nitrogens is 1. The molecule has 3 aromatic rings. The van der Waals surface area contributed by atoms with Gasteiger partial charge in [-0.1, -0.05) is 76.6 Å². The monoisotopic (exact) mass is 1060 g/mol. The van der Waals surface area contributed by atoms with Gasteiger partial charge in [0.15, 0.2) is 5.96 Å². The van der Waals surface area contributed by atoms with Gasteiger partial charge in [0.2, 0.25) is 41.4 Å². The van der Waals surface area contributed by atoms with Gasteiger partial charge < -0.3 is 74.3 Å². The number of rotatable bonds is 29. The number of aromatic nitrogens is 2. The molecule has 7 amide bonds. The average Bonchev–Trinajstić information content (AvgIpc) is 3.90. The quantitative estimate of drug-likeness (QED) is 0.0227. The Labute approximate surface area is 440 Å². The summed E-state index contributed by atoms with van der Waals surface area (Å²) >= 11 is 0. The number of nitrogens with zero attached hydrogens (tertiary/aromatic N) is 3. The molecule has 1 saturated heterocycles. The molecule has 1 aliphatic rings. The number of phenolic OH excluding ortho intramolecular Hbond substituents is 1. The number of carbonyl (C=O) groups excluding carboxylic acids is 7. The minimum atomic E-state index is -1.51. The highest BCUT2D eigenvalue weighted by Gasteiger charge is 2.40. The average molecular weight is 1060 g/mol. The Bertz CT molecular complexity index is 2470. The lowest BCUT2D eigenvalue weighted by molar-refractivity contribution is -0.147. The number of aliphatic imine (C=N–C) groups is 1. The highest BCUT2D eigenvalue weighted by molar-refractivity contribution is 5.98. The number of imidazole rings is 1. The fraction of sp³-hybridized carbons (Fsp3) is 0.510. The highest BCUT2D eigenvalue weighted by atomic mass is 16.4. The van der Waals surface area contributed by atoms with Gasteiger partial charge in [0, 0.05) is 44.2 Å². The molecule has 4 rings (SSSR count). The number of guanidine groups is 1. The van der Waals surface area contributed by atoms with Gasteiger partial charge in [0.05, 0.1) is 18.8 Å². The Hall–Kier alpha value is -8.09. The van der Waals surface area contributed by atoms with Crippen molar-refractivity contribution < 1.29 is 58.5 Å². The van der Waals surface area contributed by atoms with Gasteiger partial charge in [-0.05, 0) is 67.2 Å². The van der Waals surface area contributed by atoms with E-state index in [1.54, 1.807) is 58.0 Å². The van der Waals surface area contributed by atoms with Crippen LogP contribution in [0.15, 0.2) is 72.1 Å². The van der Waals surface area contributed by atoms with E-state index in [2.05, 4.69) is 46.9 Å². The topological polar surface area (TPSA) is 409 Å². The number of likely N-dealkylation sites (tertiary alicyclic amines) is 1. The zero-order valence-corrected chi connectivity index (χ0v) is 43.2. The smallest absolute Gasteiger partial charge is 0.326 e. The molecule has 1 fully saturated rings. The first kappa shape index (κ1) is 60.5. The first-order chi connectivity index (χ1) is 36.1. The van der Waals surface area contributed by atoms with Gasteiger partial charge >= 0.3 is 11.9 Å². The molecule has 2 aromatic carbocycles. The van der Waals surface area contributed by atoms with Gasteiger partial charge in [-0.3, -0.25) is 43.3 Å². The summed E-state index contributed by atoms with van der Waals surface area (Å²) in [6.07, 6.45) is 3.61. The summed E-state index contributed by atoms with van der Waals surface area (Å²) in [7, 11) is 0. The van der Waals surface area contributed by atoms with E-state index in [0.717, 1.165) is 0 Å². The number of amides is 7. The number of benzene rings is 2. The first-order valence-electron chi connectivity index (χ1n) is 25.3. The summed E-state index contributed by atoms with van der Waals surface area (Å²) in [6.45, 7) is 6.92. The number of aromatic hydroxyl groups is 1. The number of nitrogens with one attached hydrogen (secondary N) is 7. The van der Waals surface area contributed by atoms with E-state index in [0.29, 0.717) is 36.1 Å². The molecule has 414 valence electrons. The van der Waals surface area contributed by atoms with E-state index in [4.69, 9.17) is 17.2 Å². The van der Waals surface area contributed by atoms with Crippen LogP contribution in [0.5, 0.6) is 5.75 Å². The number of carbonyl (C=O) groups is 9. The van der Waals surface area contributed by atoms with Crippen molar-refractivity contribution in [1.82, 2.24) is 46.8 Å². The van der Waals surface area contributed by atoms with Crippen LogP contribution in [0.1, 0.15) is 89.5 Å². The molecular weight excluding hydrogens is 987 g/mol. The third-order valence-corrected chi connectivity index (χ3v) is 12.9. The number of aliphatic carboxylic acids is 2. The Morgan fingerprint density at radius 2 is 1.34 bits per heavy atom. The van der Waals surface area contributed by atoms with E-state index in [-0.39, 0.29) is 63.3 Å². The fourth-order valence-electron chi connectivity index (χ4n) is 8.48. The van der Waals surface area contributed by atoms with E-state index in [9.17, 15) is 58.5 Å². The molecular formula is C51H73N13O12. The maximum absolute atomic E-state index is 14.7. The zero-order valence-electron chi connectivity index (χ0n) is 43.2. The van der Waals surface area contributed by atoms with Crippen LogP contribution in [0.25, 0.3) is 0 Å². The summed E-state index contributed by atoms with van der Waals surface area (Å²) in [4.78, 5) is 135. The SMILES string of the molecule is CC[C@H](C)[C@H](NC(=O)[C@H](Cc1ccc(O)cc1)NC(=O)[C@@H](NC(=O)[C@H](CCCN=C(N)N)NC(=O)[C@@H](N)CC(=O)O)C(C)C)C(=O)N[C@@H](Cc1cnc[nH]1)C(=O)N1CCCC[C@H]1C(=O)N[C@@H](Cc1ccccc1)C(=O)O. The number of aromatic amines is 1. The van der Waals surface area contributed by atoms with Crippen LogP contribution in [0.4, 0.5) is 0 Å². The van der Waals surface area contributed by atoms with Crippen molar-refractivity contribution in [1.29, 1.82) is 0 Å². The van der Waals surface area contributed by atoms with Crippen LogP contribution in [-0.2, 0) is 62.4 Å². The van der Waals surface area contributed by atoms with Gasteiger partial charge in [-0.2, -0.15) is 0 Å². The lowest BCUT2D eigenvalue weighted by atomic mass is 9.95. The maximum Gasteiger partial charge on any atom is 0.326 e. The third-order valence-electron chi connectivity index (χ3n) is 12.9. The van der Waals surface area contributed by atoms with Gasteiger partial charge in [-0.15, -0.1) is 0 Å². The van der Waals surface area contributed by atoms with Crippen molar-refractivity contribution in [2.45, 2.75) is 140 Å². The van der Waals surface area contributed by atoms with Crippen LogP contribution in [0, 0.1) is 11.8 Å². The largest absolute Gasteiger partial charge is 0.508 e. The van der Waals surface area contributed by atoms with Crippen molar-refractivity contribution in [3.8, 4) is 5.75 Å². The summed E-state index contributed by atoms with van der Waals surface area (Å²) in [6, 6.07) is 3.96. The molecule has 0 saturated carbocycles. The minimum Gasteiger partial charge on any atom is -0.508 e. The number of piperidine rings is 1. The number of carboxylic acids is 2. The summed E-state index contributed by atoms with van der Waals surface area (Å²) < 4.78 is 0. The molecule has 25 nitrogen and oxygen atoms in total. The molecule has 76 heavy (non-hydrogen) atoms. The number of nitrogens with two attached hydrogens (primary N) is 3. The molecule has 9 atom stereocenters. The van der Waals surface area contributed by atoms with Crippen LogP contribution in [0.2, 0.25) is 0 Å². The van der Waals surface area contributed by atoms with Gasteiger partial charge in [0.1, 0.15) is 48.0 Å². The van der Waals surface area contributed by atoms with E-state index >= 15 is 0 Å². The molecule has 1 aromatic heterocycles. The lowest BCUT2D eigenvalue weighted by Gasteiger charge is -2.38. The second-order valence-electron chi connectivity index (χ2n) is 19.2. The molecule has 0 spiro atoms. The van der Waals surface area contributed by atoms with Crippen molar-refractivity contribution in [2.75, 3.05) is 13.1 Å². The molecule has 25 heteroatoms. The predicted octanol–water partition coefficient (Wildman–Crippen LogP) is -0.925. The van der Waals surface area contributed by atoms with E-state index in [1.807, 2.05) is 0 Å². The second-order valence-corrected chi connectivity index (χ2v) is 19.2. The first-order valence-corrected chi connectivity index (χ1v) is 25.3. The van der Waals surface area contributed by atoms with Crippen LogP contribution in [0.3, 0.4) is 0 Å². The molecule has 16 N–H and O–H groups in total. The van der Waals surface area contributed by atoms with Crippen molar-refractivity contribution >= 4 is 59.2 Å². The molecule has 0 aliphatic carbocycles. The molecule has 0 unspecified atom stereocenters. The van der Waals surface area contributed by atoms with Crippen LogP contribution >= 0.6 is 0 Å². The summed E-state index contributed by atoms with van der Waals surface area (Å²) in [5.74, 6) is -9.62. The zero-order chi connectivity index (χ0) is 56.1. The third kappa shape index (κ3) is 19.0. The lowest BCUT2D eigenvalue weighted by Crippen LogP contribution is -2.62.